The van der Waals surface area contributed by atoms with Gasteiger partial charge in [0.15, 0.2) is 0 Å². The van der Waals surface area contributed by atoms with Crippen molar-refractivity contribution in [3.8, 4) is 35.5 Å². The van der Waals surface area contributed by atoms with Crippen LogP contribution in [0.2, 0.25) is 0 Å². The fourth-order valence-electron chi connectivity index (χ4n) is 0.884. The molecule has 1 heterocycles. The summed E-state index contributed by atoms with van der Waals surface area (Å²) in [5, 5.41) is 0. The predicted octanol–water partition coefficient (Wildman–Crippen LogP) is 1.88. The maximum atomic E-state index is 5.20. The Morgan fingerprint density at radius 3 is 2.86 bits per heavy atom. The maximum Gasteiger partial charge on any atom is 0.120 e. The van der Waals surface area contributed by atoms with Crippen molar-refractivity contribution in [3.05, 3.63) is 24.5 Å². The SMILES string of the molecule is CC#CC#CC#CC=CC1CC=CO1. The van der Waals surface area contributed by atoms with E-state index >= 15 is 0 Å². The van der Waals surface area contributed by atoms with E-state index in [9.17, 15) is 0 Å². The van der Waals surface area contributed by atoms with Gasteiger partial charge < -0.3 is 4.74 Å². The Bertz CT molecular complexity index is 399. The highest BCUT2D eigenvalue weighted by molar-refractivity contribution is 5.37. The number of rotatable bonds is 1. The molecule has 1 aliphatic heterocycles. The van der Waals surface area contributed by atoms with Gasteiger partial charge in [0.2, 0.25) is 0 Å². The molecule has 1 atom stereocenters. The molecule has 1 rings (SSSR count). The van der Waals surface area contributed by atoms with Crippen molar-refractivity contribution in [3.63, 3.8) is 0 Å². The minimum absolute atomic E-state index is 0.146. The van der Waals surface area contributed by atoms with Crippen LogP contribution in [0, 0.1) is 35.5 Å². The van der Waals surface area contributed by atoms with Gasteiger partial charge in [0, 0.05) is 6.42 Å². The molecular formula is C13H10O. The van der Waals surface area contributed by atoms with E-state index in [-0.39, 0.29) is 6.10 Å². The zero-order valence-electron chi connectivity index (χ0n) is 8.00. The molecule has 0 spiro atoms. The van der Waals surface area contributed by atoms with Crippen molar-refractivity contribution in [2.45, 2.75) is 19.4 Å². The van der Waals surface area contributed by atoms with E-state index < -0.39 is 0 Å². The lowest BCUT2D eigenvalue weighted by molar-refractivity contribution is 0.214. The molecule has 1 unspecified atom stereocenters. The molecule has 68 valence electrons. The van der Waals surface area contributed by atoms with E-state index in [0.717, 1.165) is 6.42 Å². The van der Waals surface area contributed by atoms with Crippen LogP contribution in [0.4, 0.5) is 0 Å². The van der Waals surface area contributed by atoms with Crippen molar-refractivity contribution >= 4 is 0 Å². The average molecular weight is 182 g/mol. The molecule has 0 aliphatic carbocycles. The van der Waals surface area contributed by atoms with Crippen LogP contribution in [0.25, 0.3) is 0 Å². The van der Waals surface area contributed by atoms with Crippen LogP contribution in [0.5, 0.6) is 0 Å². The molecule has 0 aromatic rings. The van der Waals surface area contributed by atoms with Gasteiger partial charge in [-0.1, -0.05) is 11.8 Å². The third-order valence-electron chi connectivity index (χ3n) is 1.50. The van der Waals surface area contributed by atoms with Gasteiger partial charge in [-0.3, -0.25) is 0 Å². The molecule has 0 bridgehead atoms. The zero-order valence-corrected chi connectivity index (χ0v) is 8.00. The Morgan fingerprint density at radius 2 is 2.14 bits per heavy atom. The van der Waals surface area contributed by atoms with Crippen LogP contribution in [0.1, 0.15) is 13.3 Å². The monoisotopic (exact) mass is 182 g/mol. The smallest absolute Gasteiger partial charge is 0.120 e. The van der Waals surface area contributed by atoms with Crippen LogP contribution in [0.15, 0.2) is 24.5 Å². The second-order valence-corrected chi connectivity index (χ2v) is 2.54. The van der Waals surface area contributed by atoms with Gasteiger partial charge in [-0.15, -0.1) is 0 Å². The molecule has 1 aliphatic rings. The summed E-state index contributed by atoms with van der Waals surface area (Å²) in [4.78, 5) is 0. The summed E-state index contributed by atoms with van der Waals surface area (Å²) in [7, 11) is 0. The number of hydrogen-bond donors (Lipinski definition) is 0. The molecule has 0 fully saturated rings. The Kier molecular flexibility index (Phi) is 4.64. The molecule has 0 aromatic carbocycles. The third-order valence-corrected chi connectivity index (χ3v) is 1.50. The molecule has 0 saturated heterocycles. The van der Waals surface area contributed by atoms with Gasteiger partial charge >= 0.3 is 0 Å². The van der Waals surface area contributed by atoms with Gasteiger partial charge in [0.25, 0.3) is 0 Å². The number of hydrogen-bond acceptors (Lipinski definition) is 1. The van der Waals surface area contributed by atoms with Crippen LogP contribution >= 0.6 is 0 Å². The van der Waals surface area contributed by atoms with Crippen molar-refractivity contribution in [1.29, 1.82) is 0 Å². The highest BCUT2D eigenvalue weighted by Crippen LogP contribution is 2.08. The predicted molar refractivity (Wildman–Crippen MR) is 56.8 cm³/mol. The molecule has 0 amide bonds. The highest BCUT2D eigenvalue weighted by Gasteiger charge is 2.04. The van der Waals surface area contributed by atoms with Crippen molar-refractivity contribution in [2.75, 3.05) is 0 Å². The Hall–Kier alpha value is -2.04. The van der Waals surface area contributed by atoms with Gasteiger partial charge in [-0.2, -0.15) is 0 Å². The summed E-state index contributed by atoms with van der Waals surface area (Å²) < 4.78 is 5.20. The van der Waals surface area contributed by atoms with E-state index in [0.29, 0.717) is 0 Å². The van der Waals surface area contributed by atoms with E-state index in [1.807, 2.05) is 12.2 Å². The van der Waals surface area contributed by atoms with E-state index in [4.69, 9.17) is 4.74 Å². The number of ether oxygens (including phenoxy) is 1. The van der Waals surface area contributed by atoms with Crippen molar-refractivity contribution in [2.24, 2.45) is 0 Å². The summed E-state index contributed by atoms with van der Waals surface area (Å²) >= 11 is 0. The average Bonchev–Trinajstić information content (AvgIpc) is 2.69. The topological polar surface area (TPSA) is 9.23 Å². The first-order chi connectivity index (χ1) is 6.93. The molecule has 14 heavy (non-hydrogen) atoms. The van der Waals surface area contributed by atoms with Gasteiger partial charge in [0.05, 0.1) is 6.26 Å². The molecular weight excluding hydrogens is 172 g/mol. The lowest BCUT2D eigenvalue weighted by Crippen LogP contribution is -1.97. The molecule has 1 heteroatoms. The van der Waals surface area contributed by atoms with Crippen LogP contribution in [-0.2, 0) is 4.74 Å². The Morgan fingerprint density at radius 1 is 1.29 bits per heavy atom. The first-order valence-corrected chi connectivity index (χ1v) is 4.33. The molecule has 0 aromatic heterocycles. The lowest BCUT2D eigenvalue weighted by Gasteiger charge is -2.00. The van der Waals surface area contributed by atoms with E-state index in [1.54, 1.807) is 19.3 Å². The fraction of sp³-hybridized carbons (Fsp3) is 0.231. The second-order valence-electron chi connectivity index (χ2n) is 2.54. The Labute approximate surface area is 84.8 Å². The van der Waals surface area contributed by atoms with Gasteiger partial charge in [0.1, 0.15) is 6.10 Å². The van der Waals surface area contributed by atoms with Crippen LogP contribution in [-0.4, -0.2) is 6.10 Å². The standard InChI is InChI=1S/C13H10O/c1-2-3-4-5-6-7-8-10-13-11-9-12-14-13/h8-10,12-13H,11H2,1H3. The van der Waals surface area contributed by atoms with E-state index in [1.165, 1.54) is 0 Å². The summed E-state index contributed by atoms with van der Waals surface area (Å²) in [6, 6.07) is 0. The van der Waals surface area contributed by atoms with E-state index in [2.05, 4.69) is 35.5 Å². The minimum atomic E-state index is 0.146. The quantitative estimate of drug-likeness (QED) is 0.562. The number of allylic oxidation sites excluding steroid dienone is 1. The summed E-state index contributed by atoms with van der Waals surface area (Å²) in [5.41, 5.74) is 0. The Balaban J connectivity index is 2.31. The highest BCUT2D eigenvalue weighted by atomic mass is 16.5. The zero-order chi connectivity index (χ0) is 10.1. The minimum Gasteiger partial charge on any atom is -0.494 e. The van der Waals surface area contributed by atoms with Crippen molar-refractivity contribution < 1.29 is 4.74 Å². The summed E-state index contributed by atoms with van der Waals surface area (Å²) in [5.74, 6) is 16.0. The molecule has 0 saturated carbocycles. The summed E-state index contributed by atoms with van der Waals surface area (Å²) in [6.07, 6.45) is 8.43. The van der Waals surface area contributed by atoms with Gasteiger partial charge in [-0.05, 0) is 48.8 Å². The molecule has 0 N–H and O–H groups in total. The maximum absolute atomic E-state index is 5.20. The molecule has 1 nitrogen and oxygen atoms in total. The lowest BCUT2D eigenvalue weighted by atomic mass is 10.2. The second kappa shape index (κ2) is 6.47. The van der Waals surface area contributed by atoms with Crippen LogP contribution in [0.3, 0.4) is 0 Å². The largest absolute Gasteiger partial charge is 0.494 e. The fourth-order valence-corrected chi connectivity index (χ4v) is 0.884. The summed E-state index contributed by atoms with van der Waals surface area (Å²) in [6.45, 7) is 1.74. The van der Waals surface area contributed by atoms with Gasteiger partial charge in [-0.25, -0.2) is 0 Å². The molecule has 0 radical (unpaired) electrons. The normalized spacial score (nSPS) is 17.1. The third kappa shape index (κ3) is 4.10. The van der Waals surface area contributed by atoms with Crippen LogP contribution < -0.4 is 0 Å². The first-order valence-electron chi connectivity index (χ1n) is 4.33. The van der Waals surface area contributed by atoms with Crippen molar-refractivity contribution in [1.82, 2.24) is 0 Å². The first kappa shape index (κ1) is 10.0.